The third-order valence-electron chi connectivity index (χ3n) is 2.71. The van der Waals surface area contributed by atoms with E-state index in [1.54, 1.807) is 0 Å². The molecule has 1 aliphatic rings. The predicted octanol–water partition coefficient (Wildman–Crippen LogP) is 3.48. The minimum absolute atomic E-state index is 0.288. The first-order valence-corrected chi connectivity index (χ1v) is 8.94. The molecule has 1 aliphatic heterocycles. The summed E-state index contributed by atoms with van der Waals surface area (Å²) in [5.74, 6) is 0. The molecule has 0 bridgehead atoms. The van der Waals surface area contributed by atoms with E-state index < -0.39 is 7.82 Å². The van der Waals surface area contributed by atoms with E-state index in [0.29, 0.717) is 0 Å². The molecule has 1 fully saturated rings. The third-order valence-corrected chi connectivity index (χ3v) is 3.73. The maximum absolute atomic E-state index is 11.1. The topological polar surface area (TPSA) is 67.8 Å². The summed E-state index contributed by atoms with van der Waals surface area (Å²) in [5.41, 5.74) is 0. The van der Waals surface area contributed by atoms with Crippen LogP contribution in [0, 0.1) is 0 Å². The summed E-state index contributed by atoms with van der Waals surface area (Å²) in [5, 5.41) is 3.28. The number of nitrogens with one attached hydrogen (secondary N) is 1. The van der Waals surface area contributed by atoms with Crippen LogP contribution >= 0.6 is 7.82 Å². The van der Waals surface area contributed by atoms with Crippen molar-refractivity contribution in [3.63, 3.8) is 0 Å². The molecule has 1 saturated heterocycles. The van der Waals surface area contributed by atoms with Gasteiger partial charge in [0.15, 0.2) is 0 Å². The lowest BCUT2D eigenvalue weighted by molar-refractivity contribution is 0.146. The molecule has 0 atom stereocenters. The summed E-state index contributed by atoms with van der Waals surface area (Å²) in [7, 11) is -3.75. The fraction of sp³-hybridized carbons (Fsp3) is 1.00. The summed E-state index contributed by atoms with van der Waals surface area (Å²) >= 11 is 0. The lowest BCUT2D eigenvalue weighted by Gasteiger charge is -2.10. The molecule has 0 unspecified atom stereocenters. The standard InChI is InChI=1S/C8H19O4P.C5H11N/c1-3-5-7-11-13(9,10)12-8-6-4-2;1-2-4-6-5-3-1/h3-8H2,1-2H3,(H,9,10);6H,1-5H2. The molecule has 0 spiro atoms. The molecule has 5 nitrogen and oxygen atoms in total. The first-order valence-electron chi connectivity index (χ1n) is 7.45. The van der Waals surface area contributed by atoms with E-state index in [9.17, 15) is 4.57 Å². The first-order chi connectivity index (χ1) is 9.12. The van der Waals surface area contributed by atoms with Gasteiger partial charge in [0.1, 0.15) is 0 Å². The number of hydrogen-bond donors (Lipinski definition) is 2. The van der Waals surface area contributed by atoms with Crippen molar-refractivity contribution in [2.24, 2.45) is 0 Å². The summed E-state index contributed by atoms with van der Waals surface area (Å²) in [6.07, 6.45) is 7.65. The van der Waals surface area contributed by atoms with E-state index in [4.69, 9.17) is 13.9 Å². The monoisotopic (exact) mass is 295 g/mol. The maximum Gasteiger partial charge on any atom is 0.472 e. The zero-order valence-electron chi connectivity index (χ0n) is 12.4. The van der Waals surface area contributed by atoms with E-state index >= 15 is 0 Å². The third kappa shape index (κ3) is 14.3. The van der Waals surface area contributed by atoms with E-state index in [0.717, 1.165) is 25.7 Å². The van der Waals surface area contributed by atoms with E-state index in [2.05, 4.69) is 5.32 Å². The van der Waals surface area contributed by atoms with Crippen molar-refractivity contribution >= 4 is 7.82 Å². The van der Waals surface area contributed by atoms with Gasteiger partial charge in [0.05, 0.1) is 13.2 Å². The Morgan fingerprint density at radius 3 is 1.74 bits per heavy atom. The molecule has 116 valence electrons. The Kier molecular flexibility index (Phi) is 13.1. The summed E-state index contributed by atoms with van der Waals surface area (Å²) < 4.78 is 20.5. The molecule has 0 amide bonds. The molecule has 0 aliphatic carbocycles. The van der Waals surface area contributed by atoms with Gasteiger partial charge in [-0.15, -0.1) is 0 Å². The van der Waals surface area contributed by atoms with Crippen molar-refractivity contribution in [2.75, 3.05) is 26.3 Å². The fourth-order valence-electron chi connectivity index (χ4n) is 1.49. The van der Waals surface area contributed by atoms with Crippen molar-refractivity contribution in [3.8, 4) is 0 Å². The van der Waals surface area contributed by atoms with Crippen LogP contribution in [0.25, 0.3) is 0 Å². The second-order valence-corrected chi connectivity index (χ2v) is 6.11. The van der Waals surface area contributed by atoms with Gasteiger partial charge in [-0.25, -0.2) is 4.57 Å². The molecular formula is C13H30NO4P. The summed E-state index contributed by atoms with van der Waals surface area (Å²) in [4.78, 5) is 9.08. The summed E-state index contributed by atoms with van der Waals surface area (Å²) in [6, 6.07) is 0. The van der Waals surface area contributed by atoms with Crippen LogP contribution in [0.4, 0.5) is 0 Å². The van der Waals surface area contributed by atoms with Crippen LogP contribution in [-0.4, -0.2) is 31.2 Å². The van der Waals surface area contributed by atoms with Crippen molar-refractivity contribution in [2.45, 2.75) is 58.8 Å². The fourth-order valence-corrected chi connectivity index (χ4v) is 2.28. The first kappa shape index (κ1) is 19.1. The lowest BCUT2D eigenvalue weighted by Crippen LogP contribution is -2.21. The van der Waals surface area contributed by atoms with Crippen molar-refractivity contribution in [3.05, 3.63) is 0 Å². The highest BCUT2D eigenvalue weighted by Crippen LogP contribution is 2.43. The Morgan fingerprint density at radius 1 is 1.00 bits per heavy atom. The van der Waals surface area contributed by atoms with Crippen LogP contribution in [-0.2, 0) is 13.6 Å². The maximum atomic E-state index is 11.1. The Balaban J connectivity index is 0.000000443. The van der Waals surface area contributed by atoms with Crippen LogP contribution in [0.5, 0.6) is 0 Å². The lowest BCUT2D eigenvalue weighted by atomic mass is 10.2. The average Bonchev–Trinajstić information content (AvgIpc) is 2.42. The Labute approximate surface area is 117 Å². The highest BCUT2D eigenvalue weighted by atomic mass is 31.2. The van der Waals surface area contributed by atoms with Gasteiger partial charge in [-0.1, -0.05) is 33.1 Å². The normalized spacial score (nSPS) is 15.7. The molecule has 0 aromatic heterocycles. The molecule has 2 N–H and O–H groups in total. The highest BCUT2D eigenvalue weighted by Gasteiger charge is 2.19. The molecule has 19 heavy (non-hydrogen) atoms. The zero-order chi connectivity index (χ0) is 14.4. The van der Waals surface area contributed by atoms with Gasteiger partial charge in [-0.05, 0) is 38.8 Å². The number of hydrogen-bond acceptors (Lipinski definition) is 4. The molecule has 0 radical (unpaired) electrons. The van der Waals surface area contributed by atoms with Crippen LogP contribution in [0.3, 0.4) is 0 Å². The van der Waals surface area contributed by atoms with Gasteiger partial charge in [-0.2, -0.15) is 0 Å². The van der Waals surface area contributed by atoms with Crippen molar-refractivity contribution in [1.29, 1.82) is 0 Å². The van der Waals surface area contributed by atoms with E-state index in [-0.39, 0.29) is 13.2 Å². The van der Waals surface area contributed by atoms with Crippen molar-refractivity contribution < 1.29 is 18.5 Å². The molecule has 6 heteroatoms. The molecule has 0 aromatic rings. The number of phosphoric ester groups is 1. The minimum Gasteiger partial charge on any atom is -0.317 e. The van der Waals surface area contributed by atoms with Gasteiger partial charge >= 0.3 is 7.82 Å². The highest BCUT2D eigenvalue weighted by molar-refractivity contribution is 7.47. The zero-order valence-corrected chi connectivity index (χ0v) is 13.3. The largest absolute Gasteiger partial charge is 0.472 e. The quantitative estimate of drug-likeness (QED) is 0.530. The Morgan fingerprint density at radius 2 is 1.47 bits per heavy atom. The van der Waals surface area contributed by atoms with Crippen LogP contribution in [0.1, 0.15) is 58.8 Å². The second kappa shape index (κ2) is 13.1. The van der Waals surface area contributed by atoms with Crippen LogP contribution in [0.15, 0.2) is 0 Å². The van der Waals surface area contributed by atoms with Gasteiger partial charge in [-0.3, -0.25) is 9.05 Å². The van der Waals surface area contributed by atoms with Crippen LogP contribution in [0.2, 0.25) is 0 Å². The smallest absolute Gasteiger partial charge is 0.317 e. The van der Waals surface area contributed by atoms with Crippen molar-refractivity contribution in [1.82, 2.24) is 5.32 Å². The van der Waals surface area contributed by atoms with Gasteiger partial charge in [0.25, 0.3) is 0 Å². The second-order valence-electron chi connectivity index (χ2n) is 4.65. The molecule has 0 aromatic carbocycles. The van der Waals surface area contributed by atoms with Crippen LogP contribution < -0.4 is 5.32 Å². The Bertz CT molecular complexity index is 209. The number of piperidine rings is 1. The average molecular weight is 295 g/mol. The SMILES string of the molecule is C1CCNCC1.CCCCOP(=O)(O)OCCCC. The van der Waals surface area contributed by atoms with E-state index in [1.165, 1.54) is 32.4 Å². The van der Waals surface area contributed by atoms with E-state index in [1.807, 2.05) is 13.8 Å². The van der Waals surface area contributed by atoms with Gasteiger partial charge in [0, 0.05) is 0 Å². The predicted molar refractivity (Wildman–Crippen MR) is 78.3 cm³/mol. The Hall–Kier alpha value is 0.0700. The summed E-state index contributed by atoms with van der Waals surface area (Å²) in [6.45, 7) is 7.06. The minimum atomic E-state index is -3.75. The van der Waals surface area contributed by atoms with Gasteiger partial charge in [0.2, 0.25) is 0 Å². The molecule has 0 saturated carbocycles. The number of rotatable bonds is 8. The van der Waals surface area contributed by atoms with Gasteiger partial charge < -0.3 is 10.2 Å². The number of unbranched alkanes of at least 4 members (excludes halogenated alkanes) is 2. The molecule has 1 rings (SSSR count). The number of phosphoric acid groups is 1. The molecular weight excluding hydrogens is 265 g/mol. The molecule has 1 heterocycles.